The number of hydrogen-bond acceptors (Lipinski definition) is 5. The zero-order valence-electron chi connectivity index (χ0n) is 18.0. The Morgan fingerprint density at radius 1 is 1.23 bits per heavy atom. The molecule has 2 aliphatic rings. The summed E-state index contributed by atoms with van der Waals surface area (Å²) in [7, 11) is 0. The number of hydrogen-bond donors (Lipinski definition) is 1. The van der Waals surface area contributed by atoms with Gasteiger partial charge < -0.3 is 19.4 Å². The number of H-pyrrole nitrogens is 1. The predicted molar refractivity (Wildman–Crippen MR) is 115 cm³/mol. The topological polar surface area (TPSA) is 95.4 Å². The van der Waals surface area contributed by atoms with Gasteiger partial charge in [-0.1, -0.05) is 18.9 Å². The van der Waals surface area contributed by atoms with Gasteiger partial charge in [-0.15, -0.1) is 0 Å². The Kier molecular flexibility index (Phi) is 5.99. The van der Waals surface area contributed by atoms with Crippen LogP contribution in [0, 0.1) is 25.2 Å². The molecule has 1 aromatic heterocycles. The molecule has 2 heterocycles. The maximum absolute atomic E-state index is 13.3. The number of carbonyl (C=O) groups excluding carboxylic acids is 1. The first-order valence-electron chi connectivity index (χ1n) is 10.8. The van der Waals surface area contributed by atoms with E-state index in [-0.39, 0.29) is 29.9 Å². The molecule has 1 aromatic carbocycles. The minimum atomic E-state index is -0.372. The van der Waals surface area contributed by atoms with Crippen molar-refractivity contribution < 1.29 is 14.3 Å². The van der Waals surface area contributed by atoms with Crippen molar-refractivity contribution in [1.82, 2.24) is 9.88 Å². The van der Waals surface area contributed by atoms with Crippen LogP contribution in [0.1, 0.15) is 60.1 Å². The fraction of sp³-hybridized carbons (Fsp3) is 0.458. The molecule has 4 rings (SSSR count). The van der Waals surface area contributed by atoms with E-state index in [0.29, 0.717) is 24.9 Å². The Labute approximate surface area is 181 Å². The molecule has 0 spiro atoms. The molecule has 1 aliphatic carbocycles. The van der Waals surface area contributed by atoms with Crippen LogP contribution in [0.5, 0.6) is 11.5 Å². The number of nitrogens with one attached hydrogen (secondary N) is 1. The maximum atomic E-state index is 13.3. The van der Waals surface area contributed by atoms with Gasteiger partial charge in [-0.05, 0) is 61.9 Å². The average Bonchev–Trinajstić information content (AvgIpc) is 3.43. The van der Waals surface area contributed by atoms with Crippen LogP contribution < -0.4 is 15.0 Å². The van der Waals surface area contributed by atoms with E-state index in [1.54, 1.807) is 6.92 Å². The molecule has 2 aromatic rings. The lowest BCUT2D eigenvalue weighted by Gasteiger charge is -2.29. The van der Waals surface area contributed by atoms with Crippen LogP contribution in [0.3, 0.4) is 0 Å². The summed E-state index contributed by atoms with van der Waals surface area (Å²) in [6.45, 7) is 4.36. The molecule has 0 saturated heterocycles. The van der Waals surface area contributed by atoms with E-state index < -0.39 is 0 Å². The number of benzene rings is 1. The van der Waals surface area contributed by atoms with Crippen LogP contribution in [-0.4, -0.2) is 28.6 Å². The molecule has 0 bridgehead atoms. The summed E-state index contributed by atoms with van der Waals surface area (Å²) in [5.74, 6) is 1.55. The third-order valence-corrected chi connectivity index (χ3v) is 6.38. The Morgan fingerprint density at radius 2 is 1.97 bits per heavy atom. The highest BCUT2D eigenvalue weighted by atomic mass is 16.7. The number of nitriles is 1. The summed E-state index contributed by atoms with van der Waals surface area (Å²) in [5.41, 5.74) is 3.04. The molecule has 162 valence electrons. The lowest BCUT2D eigenvalue weighted by molar-refractivity contribution is -0.134. The van der Waals surface area contributed by atoms with Crippen LogP contribution >= 0.6 is 0 Å². The minimum Gasteiger partial charge on any atom is -0.454 e. The molecular weight excluding hydrogens is 394 g/mol. The van der Waals surface area contributed by atoms with Gasteiger partial charge in [0.15, 0.2) is 11.5 Å². The van der Waals surface area contributed by atoms with Gasteiger partial charge in [0.05, 0.1) is 0 Å². The summed E-state index contributed by atoms with van der Waals surface area (Å²) in [6.07, 6.45) is 5.14. The molecule has 1 aliphatic heterocycles. The second kappa shape index (κ2) is 8.84. The first-order chi connectivity index (χ1) is 15.0. The molecule has 1 amide bonds. The van der Waals surface area contributed by atoms with Crippen molar-refractivity contribution in [3.8, 4) is 17.6 Å². The van der Waals surface area contributed by atoms with Gasteiger partial charge in [0.1, 0.15) is 11.6 Å². The van der Waals surface area contributed by atoms with E-state index >= 15 is 0 Å². The summed E-state index contributed by atoms with van der Waals surface area (Å²) >= 11 is 0. The fourth-order valence-corrected chi connectivity index (χ4v) is 4.67. The molecule has 31 heavy (non-hydrogen) atoms. The van der Waals surface area contributed by atoms with E-state index in [4.69, 9.17) is 9.47 Å². The molecule has 1 N–H and O–H groups in total. The Bertz CT molecular complexity index is 1090. The summed E-state index contributed by atoms with van der Waals surface area (Å²) < 4.78 is 10.9. The predicted octanol–water partition coefficient (Wildman–Crippen LogP) is 3.50. The van der Waals surface area contributed by atoms with Crippen molar-refractivity contribution in [2.75, 3.05) is 6.79 Å². The van der Waals surface area contributed by atoms with Crippen molar-refractivity contribution in [3.05, 3.63) is 56.5 Å². The first-order valence-corrected chi connectivity index (χ1v) is 10.8. The molecule has 1 saturated carbocycles. The molecule has 0 atom stereocenters. The SMILES string of the molecule is Cc1[nH]c(=O)c(C#N)c(C)c1CCC(=O)N(Cc1ccc2c(c1)OCO2)C1CCCC1. The van der Waals surface area contributed by atoms with Crippen molar-refractivity contribution in [3.63, 3.8) is 0 Å². The van der Waals surface area contributed by atoms with Gasteiger partial charge in [0.25, 0.3) is 5.56 Å². The van der Waals surface area contributed by atoms with Gasteiger partial charge in [0.2, 0.25) is 12.7 Å². The fourth-order valence-electron chi connectivity index (χ4n) is 4.67. The van der Waals surface area contributed by atoms with Gasteiger partial charge >= 0.3 is 0 Å². The number of nitrogens with zero attached hydrogens (tertiary/aromatic N) is 2. The Morgan fingerprint density at radius 3 is 2.71 bits per heavy atom. The normalized spacial score (nSPS) is 15.1. The standard InChI is InChI=1S/C24H27N3O4/c1-15-19(16(2)26-24(29)20(15)12-25)8-10-23(28)27(18-5-3-4-6-18)13-17-7-9-21-22(11-17)31-14-30-21/h7,9,11,18H,3-6,8,10,13-14H2,1-2H3,(H,26,29). The molecule has 1 fully saturated rings. The highest BCUT2D eigenvalue weighted by Gasteiger charge is 2.27. The number of aromatic nitrogens is 1. The molecule has 0 radical (unpaired) electrons. The van der Waals surface area contributed by atoms with Crippen molar-refractivity contribution >= 4 is 5.91 Å². The van der Waals surface area contributed by atoms with Crippen LogP contribution in [-0.2, 0) is 17.8 Å². The first kappa shape index (κ1) is 21.0. The number of rotatable bonds is 6. The van der Waals surface area contributed by atoms with Crippen LogP contribution in [0.2, 0.25) is 0 Å². The number of aromatic amines is 1. The number of carbonyl (C=O) groups is 1. The third kappa shape index (κ3) is 4.29. The molecule has 7 heteroatoms. The number of ether oxygens (including phenoxy) is 2. The maximum Gasteiger partial charge on any atom is 0.266 e. The number of amides is 1. The van der Waals surface area contributed by atoms with Gasteiger partial charge in [-0.3, -0.25) is 9.59 Å². The second-order valence-electron chi connectivity index (χ2n) is 8.32. The van der Waals surface area contributed by atoms with Crippen molar-refractivity contribution in [1.29, 1.82) is 5.26 Å². The zero-order valence-corrected chi connectivity index (χ0v) is 18.0. The molecule has 0 unspecified atom stereocenters. The number of pyridine rings is 1. The lowest BCUT2D eigenvalue weighted by atomic mass is 9.98. The third-order valence-electron chi connectivity index (χ3n) is 6.38. The molecule has 7 nitrogen and oxygen atoms in total. The quantitative estimate of drug-likeness (QED) is 0.770. The largest absolute Gasteiger partial charge is 0.454 e. The van der Waals surface area contributed by atoms with Gasteiger partial charge in [-0.25, -0.2) is 0 Å². The summed E-state index contributed by atoms with van der Waals surface area (Å²) in [6, 6.07) is 8.05. The van der Waals surface area contributed by atoms with E-state index in [0.717, 1.165) is 54.0 Å². The van der Waals surface area contributed by atoms with E-state index in [9.17, 15) is 14.9 Å². The van der Waals surface area contributed by atoms with Crippen molar-refractivity contribution in [2.45, 2.75) is 65.0 Å². The average molecular weight is 421 g/mol. The lowest BCUT2D eigenvalue weighted by Crippen LogP contribution is -2.38. The highest BCUT2D eigenvalue weighted by Crippen LogP contribution is 2.34. The van der Waals surface area contributed by atoms with E-state index in [1.165, 1.54) is 0 Å². The monoisotopic (exact) mass is 421 g/mol. The smallest absolute Gasteiger partial charge is 0.266 e. The summed E-state index contributed by atoms with van der Waals surface area (Å²) in [5, 5.41) is 9.29. The summed E-state index contributed by atoms with van der Waals surface area (Å²) in [4.78, 5) is 30.0. The zero-order chi connectivity index (χ0) is 22.0. The van der Waals surface area contributed by atoms with E-state index in [2.05, 4.69) is 4.98 Å². The Balaban J connectivity index is 1.52. The number of aryl methyl sites for hydroxylation is 1. The molecular formula is C24H27N3O4. The van der Waals surface area contributed by atoms with Crippen LogP contribution in [0.15, 0.2) is 23.0 Å². The van der Waals surface area contributed by atoms with Crippen LogP contribution in [0.4, 0.5) is 0 Å². The second-order valence-corrected chi connectivity index (χ2v) is 8.32. The van der Waals surface area contributed by atoms with Crippen LogP contribution in [0.25, 0.3) is 0 Å². The van der Waals surface area contributed by atoms with E-state index in [1.807, 2.05) is 36.1 Å². The van der Waals surface area contributed by atoms with Gasteiger partial charge in [-0.2, -0.15) is 5.26 Å². The minimum absolute atomic E-state index is 0.0908. The van der Waals surface area contributed by atoms with Gasteiger partial charge in [0, 0.05) is 24.7 Å². The van der Waals surface area contributed by atoms with Crippen molar-refractivity contribution in [2.24, 2.45) is 0 Å². The highest BCUT2D eigenvalue weighted by molar-refractivity contribution is 5.77. The Hall–Kier alpha value is -3.27. The number of fused-ring (bicyclic) bond motifs is 1.